The molecule has 0 bridgehead atoms. The Kier molecular flexibility index (Phi) is 4.19. The molecule has 1 aromatic heterocycles. The molecule has 1 heterocycles. The van der Waals surface area contributed by atoms with Gasteiger partial charge in [-0.3, -0.25) is 4.79 Å². The van der Waals surface area contributed by atoms with Crippen molar-refractivity contribution < 1.29 is 14.3 Å². The first-order valence-corrected chi connectivity index (χ1v) is 7.40. The van der Waals surface area contributed by atoms with E-state index in [4.69, 9.17) is 9.47 Å². The molecule has 118 valence electrons. The minimum Gasteiger partial charge on any atom is -0.497 e. The van der Waals surface area contributed by atoms with Crippen molar-refractivity contribution in [2.24, 2.45) is 0 Å². The van der Waals surface area contributed by atoms with Crippen LogP contribution in [0.4, 0.5) is 5.69 Å². The molecule has 2 aromatic carbocycles. The number of carbonyl (C=O) groups is 1. The van der Waals surface area contributed by atoms with Gasteiger partial charge in [-0.25, -0.2) is 0 Å². The number of fused-ring (bicyclic) bond motifs is 1. The lowest BCUT2D eigenvalue weighted by Crippen LogP contribution is -2.12. The summed E-state index contributed by atoms with van der Waals surface area (Å²) in [6, 6.07) is 14.7. The van der Waals surface area contributed by atoms with E-state index in [2.05, 4.69) is 10.3 Å². The summed E-state index contributed by atoms with van der Waals surface area (Å²) in [5, 5.41) is 3.82. The van der Waals surface area contributed by atoms with Crippen LogP contribution in [0.25, 0.3) is 10.9 Å². The number of hydrogen-bond donors (Lipinski definition) is 2. The van der Waals surface area contributed by atoms with Gasteiger partial charge in [0.25, 0.3) is 5.91 Å². The van der Waals surface area contributed by atoms with Crippen LogP contribution in [0.3, 0.4) is 0 Å². The van der Waals surface area contributed by atoms with Crippen LogP contribution < -0.4 is 14.8 Å². The summed E-state index contributed by atoms with van der Waals surface area (Å²) in [5.41, 5.74) is 2.08. The number of nitrogens with one attached hydrogen (secondary N) is 2. The zero-order chi connectivity index (χ0) is 16.2. The van der Waals surface area contributed by atoms with Gasteiger partial charge in [-0.2, -0.15) is 0 Å². The van der Waals surface area contributed by atoms with Crippen LogP contribution in [0, 0.1) is 0 Å². The van der Waals surface area contributed by atoms with E-state index in [1.807, 2.05) is 55.5 Å². The number of anilines is 1. The third-order valence-electron chi connectivity index (χ3n) is 3.50. The second-order valence-electron chi connectivity index (χ2n) is 5.05. The van der Waals surface area contributed by atoms with E-state index in [-0.39, 0.29) is 5.91 Å². The number of aromatic amines is 1. The van der Waals surface area contributed by atoms with Gasteiger partial charge in [0.15, 0.2) is 0 Å². The van der Waals surface area contributed by atoms with E-state index in [0.29, 0.717) is 12.3 Å². The zero-order valence-corrected chi connectivity index (χ0v) is 13.1. The number of carbonyl (C=O) groups excluding carboxylic acids is 1. The summed E-state index contributed by atoms with van der Waals surface area (Å²) in [5.74, 6) is 1.34. The Morgan fingerprint density at radius 2 is 1.83 bits per heavy atom. The third kappa shape index (κ3) is 3.29. The Balaban J connectivity index is 1.77. The molecule has 2 N–H and O–H groups in total. The summed E-state index contributed by atoms with van der Waals surface area (Å²) < 4.78 is 10.6. The number of benzene rings is 2. The quantitative estimate of drug-likeness (QED) is 0.753. The molecule has 0 saturated heterocycles. The molecule has 3 aromatic rings. The fraction of sp³-hybridized carbons (Fsp3) is 0.167. The molecule has 1 amide bonds. The van der Waals surface area contributed by atoms with Crippen molar-refractivity contribution in [3.8, 4) is 11.5 Å². The lowest BCUT2D eigenvalue weighted by molar-refractivity contribution is 0.102. The Labute approximate surface area is 134 Å². The molecule has 0 unspecified atom stereocenters. The van der Waals surface area contributed by atoms with Crippen LogP contribution in [-0.4, -0.2) is 24.6 Å². The van der Waals surface area contributed by atoms with Crippen molar-refractivity contribution in [1.29, 1.82) is 0 Å². The molecular weight excluding hydrogens is 292 g/mol. The number of methoxy groups -OCH3 is 1. The van der Waals surface area contributed by atoms with Gasteiger partial charge < -0.3 is 19.8 Å². The molecule has 3 rings (SSSR count). The Morgan fingerprint density at radius 1 is 1.09 bits per heavy atom. The van der Waals surface area contributed by atoms with Gasteiger partial charge in [0.2, 0.25) is 0 Å². The SMILES string of the molecule is CCOc1ccc(NC(=O)c2cc3ccc(OC)cc3[nH]2)cc1. The van der Waals surface area contributed by atoms with Gasteiger partial charge in [0.1, 0.15) is 17.2 Å². The first kappa shape index (κ1) is 15.0. The van der Waals surface area contributed by atoms with E-state index in [9.17, 15) is 4.79 Å². The standard InChI is InChI=1S/C18H18N2O3/c1-3-23-14-8-5-13(6-9-14)19-18(21)17-10-12-4-7-15(22-2)11-16(12)20-17/h4-11,20H,3H2,1-2H3,(H,19,21). The maximum atomic E-state index is 12.3. The van der Waals surface area contributed by atoms with E-state index in [1.165, 1.54) is 0 Å². The maximum absolute atomic E-state index is 12.3. The molecule has 0 spiro atoms. The summed E-state index contributed by atoms with van der Waals surface area (Å²) in [6.07, 6.45) is 0. The van der Waals surface area contributed by atoms with Gasteiger partial charge in [-0.15, -0.1) is 0 Å². The zero-order valence-electron chi connectivity index (χ0n) is 13.1. The number of ether oxygens (including phenoxy) is 2. The second kappa shape index (κ2) is 6.44. The molecule has 0 saturated carbocycles. The highest BCUT2D eigenvalue weighted by Gasteiger charge is 2.10. The van der Waals surface area contributed by atoms with Crippen LogP contribution in [0.15, 0.2) is 48.5 Å². The lowest BCUT2D eigenvalue weighted by atomic mass is 10.2. The van der Waals surface area contributed by atoms with Gasteiger partial charge in [0, 0.05) is 22.7 Å². The highest BCUT2D eigenvalue weighted by molar-refractivity contribution is 6.06. The molecule has 0 radical (unpaired) electrons. The minimum absolute atomic E-state index is 0.190. The van der Waals surface area contributed by atoms with Crippen LogP contribution in [0.1, 0.15) is 17.4 Å². The second-order valence-corrected chi connectivity index (χ2v) is 5.05. The molecule has 5 heteroatoms. The summed E-state index contributed by atoms with van der Waals surface area (Å²) in [4.78, 5) is 15.4. The van der Waals surface area contributed by atoms with Crippen LogP contribution in [0.2, 0.25) is 0 Å². The number of rotatable bonds is 5. The molecule has 0 atom stereocenters. The van der Waals surface area contributed by atoms with Crippen molar-refractivity contribution >= 4 is 22.5 Å². The van der Waals surface area contributed by atoms with E-state index in [1.54, 1.807) is 7.11 Å². The first-order valence-electron chi connectivity index (χ1n) is 7.40. The number of H-pyrrole nitrogens is 1. The summed E-state index contributed by atoms with van der Waals surface area (Å²) >= 11 is 0. The molecule has 0 aliphatic rings. The normalized spacial score (nSPS) is 10.5. The topological polar surface area (TPSA) is 63.4 Å². The van der Waals surface area contributed by atoms with Crippen molar-refractivity contribution in [3.05, 3.63) is 54.2 Å². The Bertz CT molecular complexity index is 822. The number of amides is 1. The summed E-state index contributed by atoms with van der Waals surface area (Å²) in [6.45, 7) is 2.55. The van der Waals surface area contributed by atoms with Crippen LogP contribution in [-0.2, 0) is 0 Å². The predicted octanol–water partition coefficient (Wildman–Crippen LogP) is 3.83. The van der Waals surface area contributed by atoms with E-state index < -0.39 is 0 Å². The highest BCUT2D eigenvalue weighted by Crippen LogP contribution is 2.22. The van der Waals surface area contributed by atoms with Crippen molar-refractivity contribution in [1.82, 2.24) is 4.98 Å². The smallest absolute Gasteiger partial charge is 0.272 e. The summed E-state index contributed by atoms with van der Waals surface area (Å²) in [7, 11) is 1.61. The van der Waals surface area contributed by atoms with Gasteiger partial charge in [-0.05, 0) is 49.4 Å². The van der Waals surface area contributed by atoms with Crippen LogP contribution >= 0.6 is 0 Å². The van der Waals surface area contributed by atoms with Crippen LogP contribution in [0.5, 0.6) is 11.5 Å². The Morgan fingerprint density at radius 3 is 2.52 bits per heavy atom. The third-order valence-corrected chi connectivity index (χ3v) is 3.50. The fourth-order valence-electron chi connectivity index (χ4n) is 2.36. The molecule has 5 nitrogen and oxygen atoms in total. The monoisotopic (exact) mass is 310 g/mol. The number of aromatic nitrogens is 1. The lowest BCUT2D eigenvalue weighted by Gasteiger charge is -2.06. The Hall–Kier alpha value is -2.95. The predicted molar refractivity (Wildman–Crippen MR) is 90.4 cm³/mol. The molecule has 0 aliphatic heterocycles. The minimum atomic E-state index is -0.190. The highest BCUT2D eigenvalue weighted by atomic mass is 16.5. The molecule has 0 fully saturated rings. The largest absolute Gasteiger partial charge is 0.497 e. The average molecular weight is 310 g/mol. The van der Waals surface area contributed by atoms with E-state index in [0.717, 1.165) is 28.1 Å². The maximum Gasteiger partial charge on any atom is 0.272 e. The van der Waals surface area contributed by atoms with Crippen molar-refractivity contribution in [2.45, 2.75) is 6.92 Å². The fourth-order valence-corrected chi connectivity index (χ4v) is 2.36. The average Bonchev–Trinajstić information content (AvgIpc) is 3.00. The van der Waals surface area contributed by atoms with Crippen molar-refractivity contribution in [2.75, 3.05) is 19.0 Å². The van der Waals surface area contributed by atoms with E-state index >= 15 is 0 Å². The number of hydrogen-bond acceptors (Lipinski definition) is 3. The molecule has 23 heavy (non-hydrogen) atoms. The molecular formula is C18H18N2O3. The van der Waals surface area contributed by atoms with Gasteiger partial charge in [0.05, 0.1) is 13.7 Å². The van der Waals surface area contributed by atoms with Crippen molar-refractivity contribution in [3.63, 3.8) is 0 Å². The first-order chi connectivity index (χ1) is 11.2. The van der Waals surface area contributed by atoms with Gasteiger partial charge in [-0.1, -0.05) is 0 Å². The molecule has 0 aliphatic carbocycles. The van der Waals surface area contributed by atoms with Gasteiger partial charge >= 0.3 is 0 Å².